The monoisotopic (exact) mass is 611 g/mol. The molecule has 2 amide bonds. The van der Waals surface area contributed by atoms with Crippen molar-refractivity contribution in [3.05, 3.63) is 114 Å². The lowest BCUT2D eigenvalue weighted by atomic mass is 10.1. The van der Waals surface area contributed by atoms with Crippen LogP contribution in [0.4, 0.5) is 17.3 Å². The van der Waals surface area contributed by atoms with Crippen LogP contribution < -0.4 is 16.4 Å². The van der Waals surface area contributed by atoms with Gasteiger partial charge >= 0.3 is 0 Å². The fraction of sp³-hybridized carbons (Fsp3) is 0.243. The van der Waals surface area contributed by atoms with Crippen molar-refractivity contribution in [3.63, 3.8) is 0 Å². The number of anilines is 3. The van der Waals surface area contributed by atoms with Gasteiger partial charge in [0.2, 0.25) is 5.95 Å². The van der Waals surface area contributed by atoms with E-state index in [1.165, 1.54) is 12.8 Å². The predicted octanol–water partition coefficient (Wildman–Crippen LogP) is 5.92. The number of para-hydroxylation sites is 1. The van der Waals surface area contributed by atoms with E-state index in [2.05, 4.69) is 15.5 Å². The van der Waals surface area contributed by atoms with E-state index in [1.807, 2.05) is 77.7 Å². The summed E-state index contributed by atoms with van der Waals surface area (Å²) in [4.78, 5) is 40.6. The Morgan fingerprint density at radius 1 is 0.804 bits per heavy atom. The molecule has 4 N–H and O–H groups in total. The summed E-state index contributed by atoms with van der Waals surface area (Å²) in [6.45, 7) is 4.61. The molecular weight excluding hydrogens is 574 g/mol. The van der Waals surface area contributed by atoms with E-state index in [1.54, 1.807) is 24.3 Å². The summed E-state index contributed by atoms with van der Waals surface area (Å²) in [6, 6.07) is 30.5. The van der Waals surface area contributed by atoms with E-state index < -0.39 is 0 Å². The molecule has 2 fully saturated rings. The Kier molecular flexibility index (Phi) is 8.41. The maximum absolute atomic E-state index is 13.4. The number of benzene rings is 4. The molecule has 2 aliphatic rings. The van der Waals surface area contributed by atoms with Gasteiger partial charge in [0, 0.05) is 72.7 Å². The van der Waals surface area contributed by atoms with Crippen molar-refractivity contribution in [2.45, 2.75) is 19.4 Å². The third-order valence-corrected chi connectivity index (χ3v) is 8.75. The van der Waals surface area contributed by atoms with E-state index in [4.69, 9.17) is 15.7 Å². The maximum Gasteiger partial charge on any atom is 0.255 e. The first-order valence-corrected chi connectivity index (χ1v) is 15.9. The van der Waals surface area contributed by atoms with Gasteiger partial charge in [-0.15, -0.1) is 0 Å². The molecule has 0 spiro atoms. The van der Waals surface area contributed by atoms with Crippen molar-refractivity contribution in [1.82, 2.24) is 19.8 Å². The maximum atomic E-state index is 13.4. The highest BCUT2D eigenvalue weighted by Crippen LogP contribution is 2.30. The number of nitrogens with one attached hydrogen (secondary N) is 2. The van der Waals surface area contributed by atoms with E-state index in [-0.39, 0.29) is 18.4 Å². The average molecular weight is 612 g/mol. The molecule has 2 heterocycles. The summed E-state index contributed by atoms with van der Waals surface area (Å²) in [6.07, 6.45) is 2.66. The van der Waals surface area contributed by atoms with Crippen LogP contribution in [0.2, 0.25) is 0 Å². The Labute approximate surface area is 268 Å². The molecule has 9 heteroatoms. The zero-order valence-corrected chi connectivity index (χ0v) is 25.7. The van der Waals surface area contributed by atoms with Crippen LogP contribution in [0.1, 0.15) is 39.1 Å². The molecule has 1 saturated carbocycles. The highest BCUT2D eigenvalue weighted by Gasteiger charge is 2.28. The van der Waals surface area contributed by atoms with E-state index in [9.17, 15) is 9.59 Å². The predicted molar refractivity (Wildman–Crippen MR) is 182 cm³/mol. The molecular formula is C37H37N7O2. The minimum absolute atomic E-state index is 0.0214. The molecule has 1 aliphatic carbocycles. The van der Waals surface area contributed by atoms with Crippen molar-refractivity contribution < 1.29 is 9.59 Å². The highest BCUT2D eigenvalue weighted by atomic mass is 16.2. The molecule has 232 valence electrons. The van der Waals surface area contributed by atoms with Gasteiger partial charge in [-0.25, -0.2) is 9.97 Å². The van der Waals surface area contributed by atoms with Gasteiger partial charge in [-0.1, -0.05) is 54.6 Å². The van der Waals surface area contributed by atoms with Crippen LogP contribution in [0.25, 0.3) is 22.2 Å². The molecule has 1 aliphatic heterocycles. The Morgan fingerprint density at radius 3 is 2.26 bits per heavy atom. The topological polar surface area (TPSA) is 116 Å². The molecule has 0 bridgehead atoms. The lowest BCUT2D eigenvalue weighted by Gasteiger charge is -2.35. The number of carbonyl (C=O) groups excluding carboxylic acids is 2. The second-order valence-corrected chi connectivity index (χ2v) is 12.0. The minimum atomic E-state index is -0.284. The lowest BCUT2D eigenvalue weighted by molar-refractivity contribution is 0.0632. The number of amides is 2. The quantitative estimate of drug-likeness (QED) is 0.190. The highest BCUT2D eigenvalue weighted by molar-refractivity contribution is 6.06. The van der Waals surface area contributed by atoms with Crippen molar-refractivity contribution >= 4 is 40.0 Å². The Bertz CT molecular complexity index is 1870. The average Bonchev–Trinajstić information content (AvgIpc) is 3.92. The van der Waals surface area contributed by atoms with Crippen LogP contribution >= 0.6 is 0 Å². The first kappa shape index (κ1) is 29.6. The standard InChI is InChI=1S/C37H37N7O2/c38-23-29-13-12-28(36(46)44-20-18-43(19-21-44)24-25-10-11-25)22-33(29)40-35(45)27-14-16-30(17-15-27)39-37-41-32-9-5-4-8-31(32)34(42-37)26-6-2-1-3-7-26/h1-9,12-17,22,25H,10-11,18-21,23-24,38H2,(H,40,45)(H,39,41,42). The Hall–Kier alpha value is -5.12. The number of hydrogen-bond donors (Lipinski definition) is 3. The molecule has 0 radical (unpaired) electrons. The van der Waals surface area contributed by atoms with Gasteiger partial charge in [0.1, 0.15) is 0 Å². The molecule has 5 aromatic rings. The fourth-order valence-corrected chi connectivity index (χ4v) is 5.96. The van der Waals surface area contributed by atoms with Gasteiger partial charge in [-0.2, -0.15) is 0 Å². The first-order valence-electron chi connectivity index (χ1n) is 15.9. The normalized spacial score (nSPS) is 15.1. The second-order valence-electron chi connectivity index (χ2n) is 12.0. The van der Waals surface area contributed by atoms with E-state index in [0.29, 0.717) is 35.9 Å². The molecule has 0 unspecified atom stereocenters. The van der Waals surface area contributed by atoms with Gasteiger partial charge in [0.25, 0.3) is 11.8 Å². The molecule has 7 rings (SSSR count). The number of nitrogens with two attached hydrogens (primary N) is 1. The summed E-state index contributed by atoms with van der Waals surface area (Å²) in [5.74, 6) is 1.00. The lowest BCUT2D eigenvalue weighted by Crippen LogP contribution is -2.49. The first-order chi connectivity index (χ1) is 22.5. The molecule has 46 heavy (non-hydrogen) atoms. The summed E-state index contributed by atoms with van der Waals surface area (Å²) < 4.78 is 0. The van der Waals surface area contributed by atoms with Gasteiger partial charge in [0.05, 0.1) is 11.2 Å². The van der Waals surface area contributed by atoms with E-state index >= 15 is 0 Å². The number of nitrogens with zero attached hydrogens (tertiary/aromatic N) is 4. The van der Waals surface area contributed by atoms with Crippen LogP contribution in [0.3, 0.4) is 0 Å². The number of carbonyl (C=O) groups is 2. The van der Waals surface area contributed by atoms with Crippen LogP contribution in [0.15, 0.2) is 97.1 Å². The van der Waals surface area contributed by atoms with Gasteiger partial charge in [0.15, 0.2) is 0 Å². The molecule has 9 nitrogen and oxygen atoms in total. The third-order valence-electron chi connectivity index (χ3n) is 8.75. The smallest absolute Gasteiger partial charge is 0.255 e. The van der Waals surface area contributed by atoms with Gasteiger partial charge in [-0.3, -0.25) is 14.5 Å². The molecule has 1 aromatic heterocycles. The molecule has 4 aromatic carbocycles. The number of rotatable bonds is 9. The Balaban J connectivity index is 1.04. The summed E-state index contributed by atoms with van der Waals surface area (Å²) in [5.41, 5.74) is 11.8. The van der Waals surface area contributed by atoms with Crippen LogP contribution in [-0.2, 0) is 6.54 Å². The minimum Gasteiger partial charge on any atom is -0.336 e. The summed E-state index contributed by atoms with van der Waals surface area (Å²) >= 11 is 0. The largest absolute Gasteiger partial charge is 0.336 e. The number of aromatic nitrogens is 2. The number of piperazine rings is 1. The van der Waals surface area contributed by atoms with Crippen molar-refractivity contribution in [1.29, 1.82) is 0 Å². The van der Waals surface area contributed by atoms with Gasteiger partial charge < -0.3 is 21.3 Å². The number of fused-ring (bicyclic) bond motifs is 1. The van der Waals surface area contributed by atoms with Crippen LogP contribution in [-0.4, -0.2) is 64.3 Å². The number of hydrogen-bond acceptors (Lipinski definition) is 7. The van der Waals surface area contributed by atoms with Crippen molar-refractivity contribution in [3.8, 4) is 11.3 Å². The molecule has 0 atom stereocenters. The summed E-state index contributed by atoms with van der Waals surface area (Å²) in [7, 11) is 0. The SMILES string of the molecule is NCc1ccc(C(=O)N2CCN(CC3CC3)CC2)cc1NC(=O)c1ccc(Nc2nc(-c3ccccc3)c3ccccc3n2)cc1. The van der Waals surface area contributed by atoms with Crippen molar-refractivity contribution in [2.75, 3.05) is 43.4 Å². The molecule has 1 saturated heterocycles. The van der Waals surface area contributed by atoms with E-state index in [0.717, 1.165) is 59.0 Å². The van der Waals surface area contributed by atoms with Crippen molar-refractivity contribution in [2.24, 2.45) is 11.7 Å². The zero-order valence-electron chi connectivity index (χ0n) is 25.7. The second kappa shape index (κ2) is 13.1. The Morgan fingerprint density at radius 2 is 1.52 bits per heavy atom. The van der Waals surface area contributed by atoms with Gasteiger partial charge in [-0.05, 0) is 66.8 Å². The fourth-order valence-electron chi connectivity index (χ4n) is 5.96. The van der Waals surface area contributed by atoms with Crippen LogP contribution in [0.5, 0.6) is 0 Å². The summed E-state index contributed by atoms with van der Waals surface area (Å²) in [5, 5.41) is 7.25. The zero-order chi connectivity index (χ0) is 31.5. The third kappa shape index (κ3) is 6.61. The van der Waals surface area contributed by atoms with Crippen LogP contribution in [0, 0.1) is 5.92 Å².